The van der Waals surface area contributed by atoms with Gasteiger partial charge < -0.3 is 0 Å². The van der Waals surface area contributed by atoms with E-state index >= 15 is 0 Å². The van der Waals surface area contributed by atoms with Crippen LogP contribution in [0.15, 0.2) is 53.3 Å². The maximum Gasteiger partial charge on any atom is 0.273 e. The van der Waals surface area contributed by atoms with Crippen LogP contribution in [0.1, 0.15) is 23.0 Å². The van der Waals surface area contributed by atoms with Crippen LogP contribution in [0.4, 0.5) is 11.4 Å². The minimum absolute atomic E-state index is 0.0906. The molecular formula is C17H15BrN6O3. The number of carbonyl (C=O) groups is 1. The van der Waals surface area contributed by atoms with Gasteiger partial charge in [-0.05, 0) is 40.5 Å². The van der Waals surface area contributed by atoms with Gasteiger partial charge in [-0.15, -0.1) is 0 Å². The van der Waals surface area contributed by atoms with Gasteiger partial charge in [0.25, 0.3) is 11.6 Å². The van der Waals surface area contributed by atoms with Crippen LogP contribution in [-0.2, 0) is 6.42 Å². The Labute approximate surface area is 162 Å². The first-order valence-corrected chi connectivity index (χ1v) is 8.79. The zero-order valence-corrected chi connectivity index (χ0v) is 15.8. The van der Waals surface area contributed by atoms with E-state index in [1.54, 1.807) is 23.0 Å². The maximum atomic E-state index is 12.6. The molecule has 27 heavy (non-hydrogen) atoms. The number of amides is 1. The van der Waals surface area contributed by atoms with E-state index in [9.17, 15) is 14.9 Å². The minimum Gasteiger partial charge on any atom is -0.297 e. The van der Waals surface area contributed by atoms with Crippen molar-refractivity contribution in [3.05, 3.63) is 74.6 Å². The summed E-state index contributed by atoms with van der Waals surface area (Å²) >= 11 is 3.29. The Bertz CT molecular complexity index is 990. The third-order valence-electron chi connectivity index (χ3n) is 3.79. The Morgan fingerprint density at radius 3 is 2.81 bits per heavy atom. The fourth-order valence-electron chi connectivity index (χ4n) is 2.49. The number of rotatable bonds is 6. The Balaban J connectivity index is 1.81. The Hall–Kier alpha value is -3.27. The predicted octanol–water partition coefficient (Wildman–Crippen LogP) is 3.26. The van der Waals surface area contributed by atoms with E-state index in [1.807, 2.05) is 13.0 Å². The number of non-ortho nitro benzene ring substituents is 1. The van der Waals surface area contributed by atoms with Crippen LogP contribution in [0, 0.1) is 10.1 Å². The number of hydrogen-bond acceptors (Lipinski definition) is 6. The lowest BCUT2D eigenvalue weighted by Gasteiger charge is -2.11. The molecule has 0 aliphatic rings. The van der Waals surface area contributed by atoms with Gasteiger partial charge in [-0.3, -0.25) is 25.8 Å². The van der Waals surface area contributed by atoms with Crippen molar-refractivity contribution in [2.45, 2.75) is 13.3 Å². The van der Waals surface area contributed by atoms with Crippen LogP contribution >= 0.6 is 15.9 Å². The van der Waals surface area contributed by atoms with E-state index in [2.05, 4.69) is 36.9 Å². The van der Waals surface area contributed by atoms with Gasteiger partial charge in [-0.2, -0.15) is 5.10 Å². The van der Waals surface area contributed by atoms with Crippen LogP contribution in [0.25, 0.3) is 5.82 Å². The van der Waals surface area contributed by atoms with Crippen LogP contribution in [0.3, 0.4) is 0 Å². The van der Waals surface area contributed by atoms with Crippen molar-refractivity contribution in [3.63, 3.8) is 0 Å². The maximum absolute atomic E-state index is 12.6. The quantitative estimate of drug-likeness (QED) is 0.457. The summed E-state index contributed by atoms with van der Waals surface area (Å²) < 4.78 is 2.19. The Morgan fingerprint density at radius 2 is 2.15 bits per heavy atom. The van der Waals surface area contributed by atoms with Crippen molar-refractivity contribution in [1.82, 2.24) is 20.2 Å². The lowest BCUT2D eigenvalue weighted by atomic mass is 10.2. The molecule has 0 unspecified atom stereocenters. The lowest BCUT2D eigenvalue weighted by molar-refractivity contribution is -0.384. The van der Waals surface area contributed by atoms with Gasteiger partial charge in [0.1, 0.15) is 0 Å². The van der Waals surface area contributed by atoms with Gasteiger partial charge in [0.15, 0.2) is 5.82 Å². The topological polar surface area (TPSA) is 115 Å². The van der Waals surface area contributed by atoms with Crippen molar-refractivity contribution in [3.8, 4) is 5.82 Å². The number of hydrogen-bond donors (Lipinski definition) is 2. The van der Waals surface area contributed by atoms with Crippen LogP contribution in [0.5, 0.6) is 0 Å². The molecule has 2 aromatic heterocycles. The molecule has 0 saturated heterocycles. The number of aromatic nitrogens is 3. The third-order valence-corrected chi connectivity index (χ3v) is 4.48. The van der Waals surface area contributed by atoms with Gasteiger partial charge in [0.05, 0.1) is 28.1 Å². The summed E-state index contributed by atoms with van der Waals surface area (Å²) in [6.45, 7) is 1.91. The second-order valence-electron chi connectivity index (χ2n) is 5.46. The number of nitrogens with one attached hydrogen (secondary N) is 2. The number of nitro benzene ring substituents is 1. The predicted molar refractivity (Wildman–Crippen MR) is 103 cm³/mol. The normalized spacial score (nSPS) is 10.4. The molecule has 0 aliphatic carbocycles. The number of halogens is 1. The molecule has 138 valence electrons. The van der Waals surface area contributed by atoms with Crippen molar-refractivity contribution in [2.75, 3.05) is 5.43 Å². The van der Waals surface area contributed by atoms with Gasteiger partial charge >= 0.3 is 0 Å². The van der Waals surface area contributed by atoms with Crippen LogP contribution < -0.4 is 10.9 Å². The molecule has 2 heterocycles. The van der Waals surface area contributed by atoms with E-state index in [4.69, 9.17) is 0 Å². The zero-order chi connectivity index (χ0) is 19.4. The first-order valence-electron chi connectivity index (χ1n) is 8.00. The fourth-order valence-corrected chi connectivity index (χ4v) is 2.84. The van der Waals surface area contributed by atoms with Crippen molar-refractivity contribution < 1.29 is 9.72 Å². The minimum atomic E-state index is -0.508. The molecular weight excluding hydrogens is 416 g/mol. The van der Waals surface area contributed by atoms with Crippen molar-refractivity contribution >= 4 is 33.2 Å². The molecule has 10 heteroatoms. The second kappa shape index (κ2) is 7.96. The molecule has 3 rings (SSSR count). The molecule has 0 saturated carbocycles. The summed E-state index contributed by atoms with van der Waals surface area (Å²) in [6.07, 6.45) is 3.68. The number of anilines is 1. The van der Waals surface area contributed by atoms with E-state index < -0.39 is 10.8 Å². The van der Waals surface area contributed by atoms with Gasteiger partial charge in [-0.1, -0.05) is 13.0 Å². The zero-order valence-electron chi connectivity index (χ0n) is 14.2. The van der Waals surface area contributed by atoms with Crippen molar-refractivity contribution in [2.24, 2.45) is 0 Å². The summed E-state index contributed by atoms with van der Waals surface area (Å²) in [6, 6.07) is 9.65. The van der Waals surface area contributed by atoms with Crippen LogP contribution in [0.2, 0.25) is 0 Å². The summed E-state index contributed by atoms with van der Waals surface area (Å²) in [5.41, 5.74) is 6.61. The standard InChI is InChI=1S/C17H15BrN6O3/c1-2-15-12(10-20-23(15)16-5-3-4-8-19-16)17(25)22-21-14-9-11(24(26)27)6-7-13(14)18/h3-10,21H,2H2,1H3,(H,22,25). The number of nitro groups is 1. The summed E-state index contributed by atoms with van der Waals surface area (Å²) in [5.74, 6) is 0.204. The number of carbonyl (C=O) groups excluding carboxylic acids is 1. The average molecular weight is 431 g/mol. The Morgan fingerprint density at radius 1 is 1.33 bits per heavy atom. The highest BCUT2D eigenvalue weighted by atomic mass is 79.9. The van der Waals surface area contributed by atoms with Gasteiger partial charge in [0, 0.05) is 22.8 Å². The first kappa shape index (κ1) is 18.5. The van der Waals surface area contributed by atoms with Crippen molar-refractivity contribution in [1.29, 1.82) is 0 Å². The summed E-state index contributed by atoms with van der Waals surface area (Å²) in [4.78, 5) is 27.2. The third kappa shape index (κ3) is 3.95. The fraction of sp³-hybridized carbons (Fsp3) is 0.118. The lowest BCUT2D eigenvalue weighted by Crippen LogP contribution is -2.30. The van der Waals surface area contributed by atoms with E-state index in [-0.39, 0.29) is 5.69 Å². The molecule has 0 atom stereocenters. The highest BCUT2D eigenvalue weighted by Gasteiger charge is 2.18. The summed E-state index contributed by atoms with van der Waals surface area (Å²) in [7, 11) is 0. The molecule has 1 amide bonds. The van der Waals surface area contributed by atoms with Gasteiger partial charge in [0.2, 0.25) is 0 Å². The smallest absolute Gasteiger partial charge is 0.273 e. The molecule has 0 spiro atoms. The Kier molecular flexibility index (Phi) is 5.46. The molecule has 0 bridgehead atoms. The number of hydrazine groups is 1. The van der Waals surface area contributed by atoms with E-state index in [1.165, 1.54) is 24.4 Å². The number of benzene rings is 1. The van der Waals surface area contributed by atoms with Crippen LogP contribution in [-0.4, -0.2) is 25.6 Å². The van der Waals surface area contributed by atoms with Gasteiger partial charge in [-0.25, -0.2) is 9.67 Å². The molecule has 3 aromatic rings. The van der Waals surface area contributed by atoms with E-state index in [0.717, 1.165) is 0 Å². The molecule has 9 nitrogen and oxygen atoms in total. The average Bonchev–Trinajstić information content (AvgIpc) is 3.11. The SMILES string of the molecule is CCc1c(C(=O)NNc2cc([N+](=O)[O-])ccc2Br)cnn1-c1ccccn1. The summed E-state index contributed by atoms with van der Waals surface area (Å²) in [5, 5.41) is 15.2. The highest BCUT2D eigenvalue weighted by Crippen LogP contribution is 2.26. The largest absolute Gasteiger partial charge is 0.297 e. The van der Waals surface area contributed by atoms with E-state index in [0.29, 0.717) is 33.7 Å². The molecule has 0 fully saturated rings. The molecule has 0 radical (unpaired) electrons. The number of nitrogens with zero attached hydrogens (tertiary/aromatic N) is 4. The highest BCUT2D eigenvalue weighted by molar-refractivity contribution is 9.10. The molecule has 1 aromatic carbocycles. The second-order valence-corrected chi connectivity index (χ2v) is 6.31. The number of pyridine rings is 1. The monoisotopic (exact) mass is 430 g/mol. The molecule has 0 aliphatic heterocycles. The first-order chi connectivity index (χ1) is 13.0. The molecule has 2 N–H and O–H groups in total.